The molecule has 5 rings (SSSR count). The molecule has 1 aliphatic carbocycles. The Balaban J connectivity index is 1.30. The van der Waals surface area contributed by atoms with E-state index in [1.54, 1.807) is 6.33 Å². The molecule has 3 aliphatic rings. The lowest BCUT2D eigenvalue weighted by Gasteiger charge is -2.23. The van der Waals surface area contributed by atoms with E-state index in [9.17, 15) is 4.79 Å². The van der Waals surface area contributed by atoms with Crippen molar-refractivity contribution < 1.29 is 9.53 Å². The van der Waals surface area contributed by atoms with Gasteiger partial charge in [-0.15, -0.1) is 0 Å². The number of amides is 1. The number of benzene rings is 1. The highest BCUT2D eigenvalue weighted by atomic mass is 16.5. The van der Waals surface area contributed by atoms with Gasteiger partial charge in [0.05, 0.1) is 5.69 Å². The minimum atomic E-state index is -0.399. The normalized spacial score (nSPS) is 21.4. The number of carbonyl (C=O) groups is 1. The number of nitrogens with one attached hydrogen (secondary N) is 1. The number of fused-ring (bicyclic) bond motifs is 2. The minimum absolute atomic E-state index is 0.0821. The molecule has 1 saturated carbocycles. The van der Waals surface area contributed by atoms with E-state index in [1.807, 2.05) is 29.2 Å². The molecule has 1 aromatic heterocycles. The van der Waals surface area contributed by atoms with Crippen LogP contribution in [0.4, 0.5) is 5.82 Å². The van der Waals surface area contributed by atoms with Crippen LogP contribution in [0.2, 0.25) is 0 Å². The van der Waals surface area contributed by atoms with Gasteiger partial charge in [-0.1, -0.05) is 18.2 Å². The summed E-state index contributed by atoms with van der Waals surface area (Å²) >= 11 is 0. The Morgan fingerprint density at radius 3 is 2.85 bits per heavy atom. The molecule has 2 aliphatic heterocycles. The number of aromatic nitrogens is 2. The fourth-order valence-electron chi connectivity index (χ4n) is 3.82. The third-order valence-corrected chi connectivity index (χ3v) is 5.44. The lowest BCUT2D eigenvalue weighted by molar-refractivity contribution is -0.137. The lowest BCUT2D eigenvalue weighted by Crippen LogP contribution is -2.42. The summed E-state index contributed by atoms with van der Waals surface area (Å²) < 4.78 is 5.89. The molecule has 6 heteroatoms. The Hall–Kier alpha value is -2.63. The van der Waals surface area contributed by atoms with E-state index in [-0.39, 0.29) is 5.91 Å². The summed E-state index contributed by atoms with van der Waals surface area (Å²) in [5.41, 5.74) is 3.35. The van der Waals surface area contributed by atoms with E-state index in [2.05, 4.69) is 15.3 Å². The first-order valence-corrected chi connectivity index (χ1v) is 9.40. The molecular formula is C20H22N4O2. The molecule has 0 spiro atoms. The molecular weight excluding hydrogens is 328 g/mol. The van der Waals surface area contributed by atoms with Crippen molar-refractivity contribution in [3.05, 3.63) is 47.4 Å². The molecule has 0 unspecified atom stereocenters. The summed E-state index contributed by atoms with van der Waals surface area (Å²) in [5, 5.41) is 3.50. The van der Waals surface area contributed by atoms with Gasteiger partial charge in [0.2, 0.25) is 0 Å². The number of rotatable bonds is 3. The van der Waals surface area contributed by atoms with Gasteiger partial charge in [-0.05, 0) is 30.9 Å². The fourth-order valence-corrected chi connectivity index (χ4v) is 3.82. The zero-order valence-electron chi connectivity index (χ0n) is 14.6. The van der Waals surface area contributed by atoms with Crippen molar-refractivity contribution in [3.63, 3.8) is 0 Å². The van der Waals surface area contributed by atoms with Crippen LogP contribution in [0.15, 0.2) is 30.6 Å². The van der Waals surface area contributed by atoms with Crippen molar-refractivity contribution in [2.24, 2.45) is 0 Å². The molecule has 6 nitrogen and oxygen atoms in total. The number of hydrogen-bond donors (Lipinski definition) is 1. The predicted octanol–water partition coefficient (Wildman–Crippen LogP) is 1.98. The van der Waals surface area contributed by atoms with Gasteiger partial charge in [-0.3, -0.25) is 4.79 Å². The summed E-state index contributed by atoms with van der Waals surface area (Å²) in [6, 6.07) is 8.46. The number of nitrogens with zero attached hydrogens (tertiary/aromatic N) is 3. The van der Waals surface area contributed by atoms with Gasteiger partial charge in [-0.2, -0.15) is 0 Å². The van der Waals surface area contributed by atoms with E-state index < -0.39 is 6.10 Å². The van der Waals surface area contributed by atoms with E-state index in [1.165, 1.54) is 18.4 Å². The lowest BCUT2D eigenvalue weighted by atomic mass is 10.1. The Kier molecular flexibility index (Phi) is 3.76. The Bertz CT molecular complexity index is 824. The number of hydrogen-bond acceptors (Lipinski definition) is 5. The Labute approximate surface area is 152 Å². The van der Waals surface area contributed by atoms with Crippen molar-refractivity contribution in [1.29, 1.82) is 0 Å². The highest BCUT2D eigenvalue weighted by molar-refractivity contribution is 5.82. The highest BCUT2D eigenvalue weighted by Gasteiger charge is 2.33. The van der Waals surface area contributed by atoms with Gasteiger partial charge in [0, 0.05) is 37.5 Å². The fraction of sp³-hybridized carbons (Fsp3) is 0.450. The Morgan fingerprint density at radius 1 is 1.15 bits per heavy atom. The monoisotopic (exact) mass is 350 g/mol. The van der Waals surface area contributed by atoms with Crippen molar-refractivity contribution in [2.75, 3.05) is 18.4 Å². The summed E-state index contributed by atoms with van der Waals surface area (Å²) in [4.78, 5) is 23.8. The van der Waals surface area contributed by atoms with Crippen molar-refractivity contribution in [3.8, 4) is 5.75 Å². The molecule has 1 N–H and O–H groups in total. The molecule has 26 heavy (non-hydrogen) atoms. The maximum atomic E-state index is 13.0. The van der Waals surface area contributed by atoms with Crippen LogP contribution in [0.1, 0.15) is 29.7 Å². The molecule has 1 amide bonds. The SMILES string of the molecule is O=C([C@H]1Cc2ccccc2O1)N1CCc2ncnc(NC3CC3)c2CC1. The van der Waals surface area contributed by atoms with E-state index in [0.29, 0.717) is 25.6 Å². The quantitative estimate of drug-likeness (QED) is 0.917. The van der Waals surface area contributed by atoms with Crippen LogP contribution in [-0.4, -0.2) is 46.0 Å². The second-order valence-electron chi connectivity index (χ2n) is 7.31. The van der Waals surface area contributed by atoms with Crippen LogP contribution >= 0.6 is 0 Å². The number of carbonyl (C=O) groups excluding carboxylic acids is 1. The molecule has 3 heterocycles. The summed E-state index contributed by atoms with van der Waals surface area (Å²) in [7, 11) is 0. The highest BCUT2D eigenvalue weighted by Crippen LogP contribution is 2.30. The standard InChI is InChI=1S/C20H22N4O2/c25-20(18-11-13-3-1-2-4-17(13)26-18)24-9-7-15-16(8-10-24)21-12-22-19(15)23-14-5-6-14/h1-4,12,14,18H,5-11H2,(H,21,22,23)/t18-/m1/s1. The summed E-state index contributed by atoms with van der Waals surface area (Å²) in [5.74, 6) is 1.88. The van der Waals surface area contributed by atoms with Crippen LogP contribution in [0.5, 0.6) is 5.75 Å². The van der Waals surface area contributed by atoms with Gasteiger partial charge in [0.25, 0.3) is 5.91 Å². The predicted molar refractivity (Wildman–Crippen MR) is 97.2 cm³/mol. The zero-order valence-corrected chi connectivity index (χ0v) is 14.6. The number of para-hydroxylation sites is 1. The molecule has 0 radical (unpaired) electrons. The van der Waals surface area contributed by atoms with Gasteiger partial charge in [-0.25, -0.2) is 9.97 Å². The van der Waals surface area contributed by atoms with Gasteiger partial charge in [0.1, 0.15) is 17.9 Å². The van der Waals surface area contributed by atoms with Crippen LogP contribution in [0.25, 0.3) is 0 Å². The van der Waals surface area contributed by atoms with Crippen LogP contribution in [0.3, 0.4) is 0 Å². The molecule has 2 aromatic rings. The topological polar surface area (TPSA) is 67.3 Å². The maximum Gasteiger partial charge on any atom is 0.264 e. The Morgan fingerprint density at radius 2 is 2.00 bits per heavy atom. The molecule has 1 fully saturated rings. The molecule has 1 aromatic carbocycles. The van der Waals surface area contributed by atoms with Crippen LogP contribution in [-0.2, 0) is 24.1 Å². The number of anilines is 1. The number of ether oxygens (including phenoxy) is 1. The largest absolute Gasteiger partial charge is 0.480 e. The molecule has 134 valence electrons. The van der Waals surface area contributed by atoms with E-state index >= 15 is 0 Å². The third-order valence-electron chi connectivity index (χ3n) is 5.44. The van der Waals surface area contributed by atoms with Gasteiger partial charge >= 0.3 is 0 Å². The first-order valence-electron chi connectivity index (χ1n) is 9.40. The van der Waals surface area contributed by atoms with Crippen LogP contribution < -0.4 is 10.1 Å². The molecule has 0 bridgehead atoms. The van der Waals surface area contributed by atoms with E-state index in [4.69, 9.17) is 4.74 Å². The minimum Gasteiger partial charge on any atom is -0.480 e. The molecule has 0 saturated heterocycles. The van der Waals surface area contributed by atoms with E-state index in [0.717, 1.165) is 35.7 Å². The molecule has 1 atom stereocenters. The summed E-state index contributed by atoms with van der Waals surface area (Å²) in [6.45, 7) is 1.37. The van der Waals surface area contributed by atoms with Gasteiger partial charge in [0.15, 0.2) is 6.10 Å². The van der Waals surface area contributed by atoms with Gasteiger partial charge < -0.3 is 15.0 Å². The van der Waals surface area contributed by atoms with Crippen molar-refractivity contribution in [2.45, 2.75) is 44.2 Å². The zero-order chi connectivity index (χ0) is 17.5. The first-order chi connectivity index (χ1) is 12.8. The van der Waals surface area contributed by atoms with Crippen molar-refractivity contribution in [1.82, 2.24) is 14.9 Å². The third kappa shape index (κ3) is 2.89. The van der Waals surface area contributed by atoms with Crippen LogP contribution in [0, 0.1) is 0 Å². The first kappa shape index (κ1) is 15.6. The second-order valence-corrected chi connectivity index (χ2v) is 7.31. The average molecular weight is 350 g/mol. The maximum absolute atomic E-state index is 13.0. The average Bonchev–Trinajstić information content (AvgIpc) is 3.41. The summed E-state index contributed by atoms with van der Waals surface area (Å²) in [6.07, 6.45) is 5.87. The second kappa shape index (κ2) is 6.27. The van der Waals surface area contributed by atoms with Crippen molar-refractivity contribution >= 4 is 11.7 Å². The smallest absolute Gasteiger partial charge is 0.264 e.